The highest BCUT2D eigenvalue weighted by atomic mass is 19.1. The smallest absolute Gasteiger partial charge is 0.222 e. The van der Waals surface area contributed by atoms with Crippen LogP contribution in [0.1, 0.15) is 18.5 Å². The zero-order valence-electron chi connectivity index (χ0n) is 14.3. The maximum atomic E-state index is 14.2. The fourth-order valence-corrected chi connectivity index (χ4v) is 3.32. The Labute approximate surface area is 154 Å². The van der Waals surface area contributed by atoms with Gasteiger partial charge in [-0.25, -0.2) is 28.7 Å². The molecule has 3 aromatic heterocycles. The lowest BCUT2D eigenvalue weighted by molar-refractivity contribution is 0.0963. The van der Waals surface area contributed by atoms with Crippen LogP contribution in [-0.2, 0) is 5.41 Å². The number of rotatable bonds is 5. The topological polar surface area (TPSA) is 102 Å². The molecule has 0 aliphatic heterocycles. The van der Waals surface area contributed by atoms with Crippen LogP contribution < -0.4 is 11.1 Å². The Balaban J connectivity index is 1.50. The van der Waals surface area contributed by atoms with E-state index >= 15 is 0 Å². The van der Waals surface area contributed by atoms with E-state index in [0.717, 1.165) is 0 Å². The van der Waals surface area contributed by atoms with Crippen LogP contribution in [0.25, 0.3) is 11.3 Å². The summed E-state index contributed by atoms with van der Waals surface area (Å²) in [6, 6.07) is 4.57. The molecule has 1 saturated carbocycles. The third-order valence-electron chi connectivity index (χ3n) is 4.69. The number of hydrogen-bond donors (Lipinski definition) is 2. The van der Waals surface area contributed by atoms with Gasteiger partial charge in [-0.1, -0.05) is 0 Å². The van der Waals surface area contributed by atoms with Crippen molar-refractivity contribution in [3.63, 3.8) is 0 Å². The van der Waals surface area contributed by atoms with Crippen molar-refractivity contribution in [3.05, 3.63) is 54.5 Å². The first kappa shape index (κ1) is 17.2. The highest BCUT2D eigenvalue weighted by Crippen LogP contribution is 2.45. The zero-order chi connectivity index (χ0) is 18.9. The second-order valence-corrected chi connectivity index (χ2v) is 6.57. The molecule has 0 amide bonds. The first-order valence-electron chi connectivity index (χ1n) is 8.46. The molecule has 0 unspecified atom stereocenters. The van der Waals surface area contributed by atoms with Crippen LogP contribution in [0.4, 0.5) is 20.7 Å². The molecule has 0 spiro atoms. The third-order valence-corrected chi connectivity index (χ3v) is 4.69. The van der Waals surface area contributed by atoms with Gasteiger partial charge < -0.3 is 11.1 Å². The highest BCUT2D eigenvalue weighted by Gasteiger charge is 2.48. The lowest BCUT2D eigenvalue weighted by Crippen LogP contribution is -2.49. The van der Waals surface area contributed by atoms with Crippen molar-refractivity contribution < 1.29 is 8.78 Å². The standard InChI is InChI=1S/C18H17F2N7/c19-12-6-18(7-12,15-13(20)2-1-4-22-15)10-26-17-24-8-11(9-25-17)14-3-5-23-16(21)27-14/h1-5,8-9,12H,6-7,10H2,(H2,21,23,27)(H,24,25,26). The van der Waals surface area contributed by atoms with Crippen molar-refractivity contribution in [2.45, 2.75) is 24.4 Å². The molecule has 3 aromatic rings. The predicted octanol–water partition coefficient (Wildman–Crippen LogP) is 2.53. The van der Waals surface area contributed by atoms with Gasteiger partial charge in [0.2, 0.25) is 11.9 Å². The van der Waals surface area contributed by atoms with Crippen LogP contribution in [0.5, 0.6) is 0 Å². The summed E-state index contributed by atoms with van der Waals surface area (Å²) in [4.78, 5) is 20.6. The second-order valence-electron chi connectivity index (χ2n) is 6.57. The average Bonchev–Trinajstić information content (AvgIpc) is 2.65. The lowest BCUT2D eigenvalue weighted by atomic mass is 9.65. The molecule has 1 aliphatic carbocycles. The van der Waals surface area contributed by atoms with Gasteiger partial charge in [-0.2, -0.15) is 0 Å². The van der Waals surface area contributed by atoms with Crippen LogP contribution in [0.2, 0.25) is 0 Å². The highest BCUT2D eigenvalue weighted by molar-refractivity contribution is 5.58. The van der Waals surface area contributed by atoms with E-state index in [1.807, 2.05) is 0 Å². The van der Waals surface area contributed by atoms with Crippen LogP contribution in [0.15, 0.2) is 43.0 Å². The fraction of sp³-hybridized carbons (Fsp3) is 0.278. The largest absolute Gasteiger partial charge is 0.368 e. The molecule has 0 bridgehead atoms. The quantitative estimate of drug-likeness (QED) is 0.712. The number of aromatic nitrogens is 5. The minimum absolute atomic E-state index is 0.166. The van der Waals surface area contributed by atoms with Gasteiger partial charge in [-0.15, -0.1) is 0 Å². The van der Waals surface area contributed by atoms with Crippen molar-refractivity contribution >= 4 is 11.9 Å². The molecule has 4 rings (SSSR count). The Morgan fingerprint density at radius 1 is 1.11 bits per heavy atom. The average molecular weight is 369 g/mol. The third kappa shape index (κ3) is 3.40. The van der Waals surface area contributed by atoms with Crippen molar-refractivity contribution in [1.82, 2.24) is 24.9 Å². The van der Waals surface area contributed by atoms with Gasteiger partial charge in [0, 0.05) is 42.3 Å². The molecule has 7 nitrogen and oxygen atoms in total. The molecule has 3 heterocycles. The molecular weight excluding hydrogens is 352 g/mol. The fourth-order valence-electron chi connectivity index (χ4n) is 3.32. The van der Waals surface area contributed by atoms with Gasteiger partial charge in [0.1, 0.15) is 12.0 Å². The van der Waals surface area contributed by atoms with Gasteiger partial charge >= 0.3 is 0 Å². The summed E-state index contributed by atoms with van der Waals surface area (Å²) in [7, 11) is 0. The predicted molar refractivity (Wildman–Crippen MR) is 96.0 cm³/mol. The van der Waals surface area contributed by atoms with E-state index < -0.39 is 17.4 Å². The SMILES string of the molecule is Nc1nccc(-c2cnc(NCC3(c4ncccc4F)CC(F)C3)nc2)n1. The zero-order valence-corrected chi connectivity index (χ0v) is 14.3. The van der Waals surface area contributed by atoms with Gasteiger partial charge in [-0.3, -0.25) is 4.98 Å². The van der Waals surface area contributed by atoms with Crippen LogP contribution >= 0.6 is 0 Å². The molecule has 27 heavy (non-hydrogen) atoms. The number of halogens is 2. The van der Waals surface area contributed by atoms with E-state index in [1.54, 1.807) is 24.7 Å². The molecule has 0 saturated heterocycles. The summed E-state index contributed by atoms with van der Waals surface area (Å²) in [5.41, 5.74) is 6.46. The molecule has 1 fully saturated rings. The number of nitrogens with two attached hydrogens (primary N) is 1. The van der Waals surface area contributed by atoms with Gasteiger partial charge in [0.05, 0.1) is 11.4 Å². The number of anilines is 2. The molecule has 0 radical (unpaired) electrons. The minimum atomic E-state index is -0.959. The normalized spacial score (nSPS) is 21.5. The number of nitrogens with zero attached hydrogens (tertiary/aromatic N) is 5. The van der Waals surface area contributed by atoms with Gasteiger partial charge in [-0.05, 0) is 31.0 Å². The minimum Gasteiger partial charge on any atom is -0.368 e. The first-order chi connectivity index (χ1) is 13.1. The van der Waals surface area contributed by atoms with E-state index in [9.17, 15) is 8.78 Å². The number of nitrogen functional groups attached to an aromatic ring is 1. The Kier molecular flexibility index (Phi) is 4.35. The monoisotopic (exact) mass is 369 g/mol. The maximum Gasteiger partial charge on any atom is 0.222 e. The van der Waals surface area contributed by atoms with E-state index in [-0.39, 0.29) is 24.5 Å². The second kappa shape index (κ2) is 6.82. The number of hydrogen-bond acceptors (Lipinski definition) is 7. The van der Waals surface area contributed by atoms with E-state index in [4.69, 9.17) is 5.73 Å². The number of nitrogens with one attached hydrogen (secondary N) is 1. The van der Waals surface area contributed by atoms with Crippen LogP contribution in [-0.4, -0.2) is 37.6 Å². The molecular formula is C18H17F2N7. The van der Waals surface area contributed by atoms with Gasteiger partial charge in [0.15, 0.2) is 0 Å². The van der Waals surface area contributed by atoms with Crippen molar-refractivity contribution in [2.24, 2.45) is 0 Å². The summed E-state index contributed by atoms with van der Waals surface area (Å²) in [5, 5.41) is 3.07. The summed E-state index contributed by atoms with van der Waals surface area (Å²) in [6.45, 7) is 0.293. The van der Waals surface area contributed by atoms with E-state index in [0.29, 0.717) is 23.8 Å². The molecule has 9 heteroatoms. The molecule has 138 valence electrons. The molecule has 0 atom stereocenters. The van der Waals surface area contributed by atoms with Crippen molar-refractivity contribution in [1.29, 1.82) is 0 Å². The Hall–Kier alpha value is -3.23. The lowest BCUT2D eigenvalue weighted by Gasteiger charge is -2.43. The summed E-state index contributed by atoms with van der Waals surface area (Å²) in [6.07, 6.45) is 5.75. The van der Waals surface area contributed by atoms with Crippen molar-refractivity contribution in [2.75, 3.05) is 17.6 Å². The summed E-state index contributed by atoms with van der Waals surface area (Å²) >= 11 is 0. The number of pyridine rings is 1. The van der Waals surface area contributed by atoms with E-state index in [2.05, 4.69) is 30.2 Å². The van der Waals surface area contributed by atoms with Crippen LogP contribution in [0, 0.1) is 5.82 Å². The van der Waals surface area contributed by atoms with Gasteiger partial charge in [0.25, 0.3) is 0 Å². The summed E-state index contributed by atoms with van der Waals surface area (Å²) in [5.74, 6) is 0.0995. The van der Waals surface area contributed by atoms with Crippen molar-refractivity contribution in [3.8, 4) is 11.3 Å². The molecule has 1 aliphatic rings. The van der Waals surface area contributed by atoms with Crippen LogP contribution in [0.3, 0.4) is 0 Å². The van der Waals surface area contributed by atoms with E-state index in [1.165, 1.54) is 18.3 Å². The first-order valence-corrected chi connectivity index (χ1v) is 8.46. The Morgan fingerprint density at radius 3 is 2.56 bits per heavy atom. The molecule has 0 aromatic carbocycles. The molecule has 3 N–H and O–H groups in total. The Bertz CT molecular complexity index is 942. The maximum absolute atomic E-state index is 14.2. The number of alkyl halides is 1. The Morgan fingerprint density at radius 2 is 1.89 bits per heavy atom. The summed E-state index contributed by atoms with van der Waals surface area (Å²) < 4.78 is 27.8.